The lowest BCUT2D eigenvalue weighted by atomic mass is 10.1. The molecule has 0 radical (unpaired) electrons. The fourth-order valence-electron chi connectivity index (χ4n) is 2.18. The van der Waals surface area contributed by atoms with Crippen LogP contribution in [0.2, 0.25) is 0 Å². The molecular formula is C13H27NO6. The van der Waals surface area contributed by atoms with Gasteiger partial charge >= 0.3 is 0 Å². The van der Waals surface area contributed by atoms with E-state index in [1.165, 1.54) is 0 Å². The zero-order valence-electron chi connectivity index (χ0n) is 11.9. The van der Waals surface area contributed by atoms with E-state index in [4.69, 9.17) is 20.3 Å². The van der Waals surface area contributed by atoms with Crippen LogP contribution in [0.1, 0.15) is 32.6 Å². The zero-order chi connectivity index (χ0) is 15.1. The third kappa shape index (κ3) is 4.92. The van der Waals surface area contributed by atoms with Crippen LogP contribution in [0, 0.1) is 0 Å². The maximum absolute atomic E-state index is 9.75. The summed E-state index contributed by atoms with van der Waals surface area (Å²) in [6, 6.07) is 0.0391. The maximum Gasteiger partial charge on any atom is 0.186 e. The first-order valence-corrected chi connectivity index (χ1v) is 7.19. The summed E-state index contributed by atoms with van der Waals surface area (Å²) in [5.74, 6) is 0. The normalized spacial score (nSPS) is 33.3. The number of aliphatic hydroxyl groups excluding tert-OH is 4. The van der Waals surface area contributed by atoms with E-state index < -0.39 is 37.3 Å². The van der Waals surface area contributed by atoms with Gasteiger partial charge in [0.2, 0.25) is 0 Å². The van der Waals surface area contributed by atoms with Crippen LogP contribution in [-0.4, -0.2) is 70.4 Å². The Morgan fingerprint density at radius 2 is 1.95 bits per heavy atom. The minimum absolute atomic E-state index is 0.0391. The number of rotatable bonds is 9. The molecule has 0 amide bonds. The molecule has 7 heteroatoms. The van der Waals surface area contributed by atoms with Crippen LogP contribution in [0.4, 0.5) is 0 Å². The minimum atomic E-state index is -1.28. The third-order valence-corrected chi connectivity index (χ3v) is 3.52. The number of unbranched alkanes of at least 4 members (excludes halogenated alkanes) is 1. The second-order valence-corrected chi connectivity index (χ2v) is 5.26. The molecule has 1 rings (SSSR count). The molecule has 7 nitrogen and oxygen atoms in total. The summed E-state index contributed by atoms with van der Waals surface area (Å²) in [6.07, 6.45) is -2.12. The average Bonchev–Trinajstić information content (AvgIpc) is 2.72. The van der Waals surface area contributed by atoms with Gasteiger partial charge in [-0.05, 0) is 12.8 Å². The predicted molar refractivity (Wildman–Crippen MR) is 71.8 cm³/mol. The van der Waals surface area contributed by atoms with E-state index in [-0.39, 0.29) is 6.04 Å². The third-order valence-electron chi connectivity index (χ3n) is 3.52. The second-order valence-electron chi connectivity index (χ2n) is 5.26. The smallest absolute Gasteiger partial charge is 0.186 e. The number of hydrogen-bond acceptors (Lipinski definition) is 7. The van der Waals surface area contributed by atoms with Crippen LogP contribution in [0.5, 0.6) is 0 Å². The first-order chi connectivity index (χ1) is 9.51. The lowest BCUT2D eigenvalue weighted by molar-refractivity contribution is -0.181. The van der Waals surface area contributed by atoms with Gasteiger partial charge in [0, 0.05) is 6.04 Å². The second kappa shape index (κ2) is 8.89. The standard InChI is InChI=1S/C13H27NO6/c1-2-3-4-8(14)5-6-19-13-11(18)10(17)12(20-13)9(16)7-15/h8-13,15-18H,2-7,14H2,1H3/t8?,9-,10+,11-,12-,13+/m1/s1. The van der Waals surface area contributed by atoms with Crippen molar-refractivity contribution < 1.29 is 29.9 Å². The molecule has 0 aromatic carbocycles. The lowest BCUT2D eigenvalue weighted by Crippen LogP contribution is -2.40. The van der Waals surface area contributed by atoms with Crippen molar-refractivity contribution in [1.29, 1.82) is 0 Å². The van der Waals surface area contributed by atoms with Crippen molar-refractivity contribution in [1.82, 2.24) is 0 Å². The van der Waals surface area contributed by atoms with Crippen LogP contribution in [0.3, 0.4) is 0 Å². The number of nitrogens with two attached hydrogens (primary N) is 1. The summed E-state index contributed by atoms with van der Waals surface area (Å²) in [6.45, 7) is 1.85. The molecule has 0 spiro atoms. The molecule has 6 N–H and O–H groups in total. The van der Waals surface area contributed by atoms with Crippen LogP contribution in [0.15, 0.2) is 0 Å². The van der Waals surface area contributed by atoms with Gasteiger partial charge < -0.3 is 35.6 Å². The fourth-order valence-corrected chi connectivity index (χ4v) is 2.18. The van der Waals surface area contributed by atoms with Crippen molar-refractivity contribution in [2.24, 2.45) is 5.73 Å². The predicted octanol–water partition coefficient (Wildman–Crippen LogP) is -1.29. The quantitative estimate of drug-likeness (QED) is 0.358. The van der Waals surface area contributed by atoms with E-state index in [0.29, 0.717) is 13.0 Å². The molecule has 120 valence electrons. The van der Waals surface area contributed by atoms with Gasteiger partial charge in [-0.1, -0.05) is 19.8 Å². The van der Waals surface area contributed by atoms with Gasteiger partial charge in [0.25, 0.3) is 0 Å². The number of hydrogen-bond donors (Lipinski definition) is 5. The zero-order valence-corrected chi connectivity index (χ0v) is 11.9. The van der Waals surface area contributed by atoms with Crippen LogP contribution >= 0.6 is 0 Å². The molecular weight excluding hydrogens is 266 g/mol. The summed E-state index contributed by atoms with van der Waals surface area (Å²) in [4.78, 5) is 0. The Morgan fingerprint density at radius 3 is 2.55 bits per heavy atom. The fraction of sp³-hybridized carbons (Fsp3) is 1.00. The number of aliphatic hydroxyl groups is 4. The first-order valence-electron chi connectivity index (χ1n) is 7.19. The molecule has 1 fully saturated rings. The molecule has 20 heavy (non-hydrogen) atoms. The molecule has 1 heterocycles. The van der Waals surface area contributed by atoms with Crippen molar-refractivity contribution in [3.8, 4) is 0 Å². The average molecular weight is 293 g/mol. The molecule has 1 unspecified atom stereocenters. The van der Waals surface area contributed by atoms with Gasteiger partial charge in [0.1, 0.15) is 24.4 Å². The lowest BCUT2D eigenvalue weighted by Gasteiger charge is -2.19. The molecule has 0 aromatic heterocycles. The van der Waals surface area contributed by atoms with Crippen LogP contribution < -0.4 is 5.73 Å². The van der Waals surface area contributed by atoms with E-state index in [1.807, 2.05) is 0 Å². The molecule has 0 saturated carbocycles. The molecule has 1 aliphatic heterocycles. The summed E-state index contributed by atoms with van der Waals surface area (Å²) >= 11 is 0. The van der Waals surface area contributed by atoms with Gasteiger partial charge in [-0.3, -0.25) is 0 Å². The minimum Gasteiger partial charge on any atom is -0.394 e. The Bertz CT molecular complexity index is 267. The Labute approximate surface area is 119 Å². The van der Waals surface area contributed by atoms with E-state index in [0.717, 1.165) is 19.3 Å². The molecule has 6 atom stereocenters. The highest BCUT2D eigenvalue weighted by Crippen LogP contribution is 2.24. The van der Waals surface area contributed by atoms with Crippen molar-refractivity contribution in [2.75, 3.05) is 13.2 Å². The Hall–Kier alpha value is -0.280. The van der Waals surface area contributed by atoms with E-state index >= 15 is 0 Å². The van der Waals surface area contributed by atoms with Crippen molar-refractivity contribution in [2.45, 2.75) is 69.4 Å². The van der Waals surface area contributed by atoms with Crippen LogP contribution in [-0.2, 0) is 9.47 Å². The molecule has 0 aliphatic carbocycles. The van der Waals surface area contributed by atoms with Crippen molar-refractivity contribution >= 4 is 0 Å². The Balaban J connectivity index is 2.30. The van der Waals surface area contributed by atoms with E-state index in [2.05, 4.69) is 6.92 Å². The SMILES string of the molecule is CCCCC(N)CCO[C@H]1O[C@H]([C@H](O)CO)[C@@H](O)[C@H]1O. The Morgan fingerprint density at radius 1 is 1.25 bits per heavy atom. The molecule has 1 aliphatic rings. The molecule has 1 saturated heterocycles. The van der Waals surface area contributed by atoms with Crippen molar-refractivity contribution in [3.05, 3.63) is 0 Å². The largest absolute Gasteiger partial charge is 0.394 e. The maximum atomic E-state index is 9.75. The van der Waals surface area contributed by atoms with E-state index in [9.17, 15) is 15.3 Å². The monoisotopic (exact) mass is 293 g/mol. The van der Waals surface area contributed by atoms with Gasteiger partial charge in [0.15, 0.2) is 6.29 Å². The first kappa shape index (κ1) is 17.8. The summed E-state index contributed by atoms with van der Waals surface area (Å²) < 4.78 is 10.6. The summed E-state index contributed by atoms with van der Waals surface area (Å²) in [5.41, 5.74) is 5.90. The summed E-state index contributed by atoms with van der Waals surface area (Å²) in [5, 5.41) is 37.7. The van der Waals surface area contributed by atoms with Gasteiger partial charge in [-0.15, -0.1) is 0 Å². The van der Waals surface area contributed by atoms with Gasteiger partial charge in [0.05, 0.1) is 13.2 Å². The molecule has 0 bridgehead atoms. The summed E-state index contributed by atoms with van der Waals surface area (Å²) in [7, 11) is 0. The highest BCUT2D eigenvalue weighted by molar-refractivity contribution is 4.90. The van der Waals surface area contributed by atoms with Crippen molar-refractivity contribution in [3.63, 3.8) is 0 Å². The van der Waals surface area contributed by atoms with Gasteiger partial charge in [-0.2, -0.15) is 0 Å². The topological polar surface area (TPSA) is 125 Å². The van der Waals surface area contributed by atoms with E-state index in [1.54, 1.807) is 0 Å². The van der Waals surface area contributed by atoms with Gasteiger partial charge in [-0.25, -0.2) is 0 Å². The number of ether oxygens (including phenoxy) is 2. The highest BCUT2D eigenvalue weighted by Gasteiger charge is 2.46. The van der Waals surface area contributed by atoms with Crippen LogP contribution in [0.25, 0.3) is 0 Å². The highest BCUT2D eigenvalue weighted by atomic mass is 16.7. The Kier molecular flexibility index (Phi) is 7.90. The molecule has 0 aromatic rings.